The molecule has 2 atom stereocenters. The first-order valence-electron chi connectivity index (χ1n) is 9.07. The Morgan fingerprint density at radius 1 is 1.08 bits per heavy atom. The SMILES string of the molecule is O=C(c1ccco1)N1CC[C@@H]2CN(C3CCOCC3)CCO[C@H]2C1. The Labute approximate surface area is 142 Å². The Morgan fingerprint density at radius 3 is 2.75 bits per heavy atom. The number of carbonyl (C=O) groups excluding carboxylic acids is 1. The molecule has 6 heteroatoms. The maximum Gasteiger partial charge on any atom is 0.289 e. The summed E-state index contributed by atoms with van der Waals surface area (Å²) in [6.07, 6.45) is 4.94. The third-order valence-electron chi connectivity index (χ3n) is 5.60. The minimum Gasteiger partial charge on any atom is -0.459 e. The third kappa shape index (κ3) is 3.36. The van der Waals surface area contributed by atoms with E-state index in [4.69, 9.17) is 13.9 Å². The first-order chi connectivity index (χ1) is 11.8. The fourth-order valence-electron chi connectivity index (χ4n) is 4.20. The van der Waals surface area contributed by atoms with E-state index < -0.39 is 0 Å². The minimum atomic E-state index is -0.0208. The van der Waals surface area contributed by atoms with Gasteiger partial charge in [0.05, 0.1) is 19.0 Å². The summed E-state index contributed by atoms with van der Waals surface area (Å²) in [5, 5.41) is 0. The standard InChI is InChI=1S/C18H26N2O4/c21-18(16-2-1-8-23-16)20-6-3-14-12-19(7-11-24-17(14)13-20)15-4-9-22-10-5-15/h1-2,8,14-15,17H,3-7,9-13H2/t14-,17+/m1/s1. The van der Waals surface area contributed by atoms with Gasteiger partial charge in [-0.25, -0.2) is 0 Å². The molecule has 3 aliphatic heterocycles. The van der Waals surface area contributed by atoms with E-state index in [1.165, 1.54) is 0 Å². The Hall–Kier alpha value is -1.37. The van der Waals surface area contributed by atoms with Crippen LogP contribution in [0.15, 0.2) is 22.8 Å². The lowest BCUT2D eigenvalue weighted by Crippen LogP contribution is -2.50. The molecule has 3 fully saturated rings. The number of rotatable bonds is 2. The van der Waals surface area contributed by atoms with Gasteiger partial charge in [0.15, 0.2) is 5.76 Å². The van der Waals surface area contributed by atoms with Gasteiger partial charge in [0.25, 0.3) is 5.91 Å². The average Bonchev–Trinajstić information content (AvgIpc) is 3.08. The molecule has 3 saturated heterocycles. The van der Waals surface area contributed by atoms with Crippen LogP contribution in [0.3, 0.4) is 0 Å². The van der Waals surface area contributed by atoms with Crippen molar-refractivity contribution in [3.8, 4) is 0 Å². The van der Waals surface area contributed by atoms with Gasteiger partial charge in [-0.1, -0.05) is 0 Å². The van der Waals surface area contributed by atoms with E-state index in [0.717, 1.165) is 58.7 Å². The smallest absolute Gasteiger partial charge is 0.289 e. The second-order valence-corrected chi connectivity index (χ2v) is 7.02. The first kappa shape index (κ1) is 16.1. The molecule has 0 aliphatic carbocycles. The van der Waals surface area contributed by atoms with Gasteiger partial charge in [-0.2, -0.15) is 0 Å². The van der Waals surface area contributed by atoms with E-state index in [9.17, 15) is 4.79 Å². The van der Waals surface area contributed by atoms with Crippen molar-refractivity contribution in [2.45, 2.75) is 31.4 Å². The van der Waals surface area contributed by atoms with Gasteiger partial charge in [0, 0.05) is 51.4 Å². The number of hydrogen-bond donors (Lipinski definition) is 0. The monoisotopic (exact) mass is 334 g/mol. The van der Waals surface area contributed by atoms with Crippen molar-refractivity contribution in [1.82, 2.24) is 9.80 Å². The molecule has 3 aliphatic rings. The van der Waals surface area contributed by atoms with Crippen LogP contribution in [0, 0.1) is 5.92 Å². The van der Waals surface area contributed by atoms with Crippen LogP contribution < -0.4 is 0 Å². The summed E-state index contributed by atoms with van der Waals surface area (Å²) in [4.78, 5) is 17.0. The highest BCUT2D eigenvalue weighted by Gasteiger charge is 2.37. The van der Waals surface area contributed by atoms with Crippen molar-refractivity contribution in [2.75, 3.05) is 46.0 Å². The molecule has 0 N–H and O–H groups in total. The molecule has 24 heavy (non-hydrogen) atoms. The molecular weight excluding hydrogens is 308 g/mol. The van der Waals surface area contributed by atoms with E-state index in [1.807, 2.05) is 4.90 Å². The van der Waals surface area contributed by atoms with Crippen molar-refractivity contribution >= 4 is 5.91 Å². The molecule has 0 saturated carbocycles. The quantitative estimate of drug-likeness (QED) is 0.823. The van der Waals surface area contributed by atoms with Crippen LogP contribution in [-0.2, 0) is 9.47 Å². The Kier molecular flexibility index (Phi) is 4.87. The van der Waals surface area contributed by atoms with Crippen LogP contribution in [0.1, 0.15) is 29.8 Å². The molecule has 1 aromatic rings. The third-order valence-corrected chi connectivity index (χ3v) is 5.60. The van der Waals surface area contributed by atoms with Gasteiger partial charge in [0.1, 0.15) is 0 Å². The molecule has 0 unspecified atom stereocenters. The molecule has 0 bridgehead atoms. The van der Waals surface area contributed by atoms with Crippen molar-refractivity contribution in [3.63, 3.8) is 0 Å². The summed E-state index contributed by atoms with van der Waals surface area (Å²) in [6, 6.07) is 4.12. The molecule has 1 amide bonds. The van der Waals surface area contributed by atoms with E-state index in [1.54, 1.807) is 18.4 Å². The number of furan rings is 1. The number of amides is 1. The van der Waals surface area contributed by atoms with Crippen LogP contribution >= 0.6 is 0 Å². The number of hydrogen-bond acceptors (Lipinski definition) is 5. The molecule has 0 radical (unpaired) electrons. The Balaban J connectivity index is 1.38. The van der Waals surface area contributed by atoms with Crippen LogP contribution in [0.5, 0.6) is 0 Å². The van der Waals surface area contributed by atoms with Crippen LogP contribution in [0.2, 0.25) is 0 Å². The zero-order valence-corrected chi connectivity index (χ0v) is 14.1. The molecule has 132 valence electrons. The fourth-order valence-corrected chi connectivity index (χ4v) is 4.20. The average molecular weight is 334 g/mol. The number of carbonyl (C=O) groups is 1. The molecule has 4 heterocycles. The van der Waals surface area contributed by atoms with Gasteiger partial charge in [-0.15, -0.1) is 0 Å². The topological polar surface area (TPSA) is 55.2 Å². The summed E-state index contributed by atoms with van der Waals surface area (Å²) in [7, 11) is 0. The lowest BCUT2D eigenvalue weighted by molar-refractivity contribution is -0.0181. The molecule has 4 rings (SSSR count). The van der Waals surface area contributed by atoms with Crippen molar-refractivity contribution < 1.29 is 18.7 Å². The van der Waals surface area contributed by atoms with Crippen LogP contribution in [0.4, 0.5) is 0 Å². The first-order valence-corrected chi connectivity index (χ1v) is 9.07. The summed E-state index contributed by atoms with van der Waals surface area (Å²) >= 11 is 0. The molecule has 1 aromatic heterocycles. The minimum absolute atomic E-state index is 0.0208. The second-order valence-electron chi connectivity index (χ2n) is 7.02. The van der Waals surface area contributed by atoms with Gasteiger partial charge in [-0.3, -0.25) is 9.69 Å². The van der Waals surface area contributed by atoms with E-state index in [0.29, 0.717) is 24.3 Å². The summed E-state index contributed by atoms with van der Waals surface area (Å²) in [5.74, 6) is 0.912. The highest BCUT2D eigenvalue weighted by Crippen LogP contribution is 2.27. The lowest BCUT2D eigenvalue weighted by Gasteiger charge is -2.39. The van der Waals surface area contributed by atoms with Gasteiger partial charge in [-0.05, 0) is 31.4 Å². The summed E-state index contributed by atoms with van der Waals surface area (Å²) in [6.45, 7) is 6.03. The summed E-state index contributed by atoms with van der Waals surface area (Å²) in [5.41, 5.74) is 0. The zero-order chi connectivity index (χ0) is 16.4. The molecule has 6 nitrogen and oxygen atoms in total. The number of nitrogens with zero attached hydrogens (tertiary/aromatic N) is 2. The number of fused-ring (bicyclic) bond motifs is 1. The van der Waals surface area contributed by atoms with Gasteiger partial charge < -0.3 is 18.8 Å². The fraction of sp³-hybridized carbons (Fsp3) is 0.722. The highest BCUT2D eigenvalue weighted by molar-refractivity contribution is 5.91. The van der Waals surface area contributed by atoms with Crippen molar-refractivity contribution in [3.05, 3.63) is 24.2 Å². The largest absolute Gasteiger partial charge is 0.459 e. The molecular formula is C18H26N2O4. The maximum atomic E-state index is 12.5. The Bertz CT molecular complexity index is 541. The second kappa shape index (κ2) is 7.25. The van der Waals surface area contributed by atoms with Crippen molar-refractivity contribution in [2.24, 2.45) is 5.92 Å². The number of ether oxygens (including phenoxy) is 2. The normalized spacial score (nSPS) is 29.9. The van der Waals surface area contributed by atoms with Gasteiger partial charge >= 0.3 is 0 Å². The maximum absolute atomic E-state index is 12.5. The zero-order valence-electron chi connectivity index (χ0n) is 14.1. The highest BCUT2D eigenvalue weighted by atomic mass is 16.5. The molecule has 0 aromatic carbocycles. The van der Waals surface area contributed by atoms with Crippen LogP contribution in [0.25, 0.3) is 0 Å². The molecule has 0 spiro atoms. The van der Waals surface area contributed by atoms with E-state index in [2.05, 4.69) is 4.90 Å². The van der Waals surface area contributed by atoms with Gasteiger partial charge in [0.2, 0.25) is 0 Å². The lowest BCUT2D eigenvalue weighted by atomic mass is 9.92. The van der Waals surface area contributed by atoms with Crippen LogP contribution in [-0.4, -0.2) is 73.9 Å². The number of piperidine rings is 1. The predicted octanol–water partition coefficient (Wildman–Crippen LogP) is 1.62. The Morgan fingerprint density at radius 2 is 1.96 bits per heavy atom. The van der Waals surface area contributed by atoms with Crippen molar-refractivity contribution in [1.29, 1.82) is 0 Å². The number of likely N-dealkylation sites (tertiary alicyclic amines) is 1. The summed E-state index contributed by atoms with van der Waals surface area (Å²) < 4.78 is 16.9. The van der Waals surface area contributed by atoms with E-state index >= 15 is 0 Å². The predicted molar refractivity (Wildman–Crippen MR) is 87.9 cm³/mol. The van der Waals surface area contributed by atoms with E-state index in [-0.39, 0.29) is 12.0 Å².